The summed E-state index contributed by atoms with van der Waals surface area (Å²) in [7, 11) is 0. The summed E-state index contributed by atoms with van der Waals surface area (Å²) < 4.78 is 0. The molecule has 3 nitrogen and oxygen atoms in total. The first-order valence-corrected chi connectivity index (χ1v) is 7.02. The van der Waals surface area contributed by atoms with Crippen LogP contribution in [0.4, 0.5) is 0 Å². The van der Waals surface area contributed by atoms with Crippen molar-refractivity contribution < 1.29 is 9.63 Å². The lowest BCUT2D eigenvalue weighted by atomic mass is 10.1. The highest BCUT2D eigenvalue weighted by atomic mass is 32.2. The van der Waals surface area contributed by atoms with E-state index in [0.717, 1.165) is 10.5 Å². The van der Waals surface area contributed by atoms with Crippen LogP contribution in [0.1, 0.15) is 19.4 Å². The topological polar surface area (TPSA) is 38.7 Å². The molecule has 0 spiro atoms. The molecule has 0 bridgehead atoms. The van der Waals surface area contributed by atoms with Gasteiger partial charge in [-0.1, -0.05) is 47.2 Å². The van der Waals surface area contributed by atoms with Crippen LogP contribution in [0.5, 0.6) is 0 Å². The minimum atomic E-state index is -0.416. The maximum Gasteiger partial charge on any atom is 0.331 e. The Bertz CT molecular complexity index is 606. The van der Waals surface area contributed by atoms with Gasteiger partial charge in [-0.25, -0.2) is 4.79 Å². The summed E-state index contributed by atoms with van der Waals surface area (Å²) in [5.74, 6) is -0.416. The average Bonchev–Trinajstić information content (AvgIpc) is 2.46. The van der Waals surface area contributed by atoms with Crippen molar-refractivity contribution in [2.45, 2.75) is 23.6 Å². The smallest absolute Gasteiger partial charge is 0.318 e. The van der Waals surface area contributed by atoms with Crippen LogP contribution in [0.25, 0.3) is 0 Å². The predicted octanol–water partition coefficient (Wildman–Crippen LogP) is 4.12. The van der Waals surface area contributed by atoms with E-state index >= 15 is 0 Å². The molecule has 2 aromatic carbocycles. The number of carbonyl (C=O) groups is 1. The van der Waals surface area contributed by atoms with E-state index in [0.29, 0.717) is 5.71 Å². The second-order valence-electron chi connectivity index (χ2n) is 4.20. The normalized spacial score (nSPS) is 11.2. The van der Waals surface area contributed by atoms with Gasteiger partial charge in [0.25, 0.3) is 0 Å². The monoisotopic (exact) mass is 285 g/mol. The third-order valence-electron chi connectivity index (χ3n) is 2.56. The van der Waals surface area contributed by atoms with Crippen LogP contribution in [0.15, 0.2) is 69.5 Å². The largest absolute Gasteiger partial charge is 0.331 e. The van der Waals surface area contributed by atoms with Crippen molar-refractivity contribution in [3.05, 3.63) is 60.2 Å². The first kappa shape index (κ1) is 14.3. The summed E-state index contributed by atoms with van der Waals surface area (Å²) in [6.07, 6.45) is 0. The van der Waals surface area contributed by atoms with E-state index in [9.17, 15) is 4.79 Å². The fraction of sp³-hybridized carbons (Fsp3) is 0.125. The van der Waals surface area contributed by atoms with Crippen LogP contribution in [0.3, 0.4) is 0 Å². The highest BCUT2D eigenvalue weighted by Crippen LogP contribution is 2.27. The second-order valence-corrected chi connectivity index (χ2v) is 5.35. The summed E-state index contributed by atoms with van der Waals surface area (Å²) in [5, 5.41) is 3.77. The lowest BCUT2D eigenvalue weighted by molar-refractivity contribution is -0.140. The predicted molar refractivity (Wildman–Crippen MR) is 81.0 cm³/mol. The van der Waals surface area contributed by atoms with E-state index in [2.05, 4.69) is 22.1 Å². The van der Waals surface area contributed by atoms with Crippen LogP contribution < -0.4 is 0 Å². The molecule has 2 rings (SSSR count). The van der Waals surface area contributed by atoms with Gasteiger partial charge >= 0.3 is 5.97 Å². The molecule has 0 saturated heterocycles. The van der Waals surface area contributed by atoms with Crippen molar-refractivity contribution in [3.63, 3.8) is 0 Å². The molecule has 0 aliphatic carbocycles. The molecule has 0 saturated carbocycles. The molecule has 20 heavy (non-hydrogen) atoms. The van der Waals surface area contributed by atoms with Gasteiger partial charge in [-0.15, -0.1) is 0 Å². The zero-order chi connectivity index (χ0) is 14.4. The third kappa shape index (κ3) is 4.24. The van der Waals surface area contributed by atoms with Crippen molar-refractivity contribution in [1.82, 2.24) is 0 Å². The zero-order valence-electron chi connectivity index (χ0n) is 11.4. The molecule has 4 heteroatoms. The highest BCUT2D eigenvalue weighted by molar-refractivity contribution is 7.99. The number of nitrogens with zero attached hydrogens (tertiary/aromatic N) is 1. The number of benzene rings is 2. The van der Waals surface area contributed by atoms with Crippen molar-refractivity contribution in [2.24, 2.45) is 5.16 Å². The van der Waals surface area contributed by atoms with E-state index in [1.165, 1.54) is 11.8 Å². The van der Waals surface area contributed by atoms with Gasteiger partial charge in [-0.05, 0) is 36.8 Å². The van der Waals surface area contributed by atoms with Crippen LogP contribution >= 0.6 is 11.8 Å². The van der Waals surface area contributed by atoms with Crippen LogP contribution in [-0.4, -0.2) is 11.7 Å². The molecule has 0 heterocycles. The maximum absolute atomic E-state index is 10.7. The Morgan fingerprint density at radius 2 is 1.55 bits per heavy atom. The summed E-state index contributed by atoms with van der Waals surface area (Å²) in [6.45, 7) is 3.14. The van der Waals surface area contributed by atoms with Gasteiger partial charge in [-0.2, -0.15) is 0 Å². The van der Waals surface area contributed by atoms with E-state index in [4.69, 9.17) is 0 Å². The molecule has 0 aliphatic rings. The fourth-order valence-corrected chi connectivity index (χ4v) is 2.41. The highest BCUT2D eigenvalue weighted by Gasteiger charge is 2.01. The quantitative estimate of drug-likeness (QED) is 0.482. The maximum atomic E-state index is 10.7. The Hall–Kier alpha value is -2.07. The van der Waals surface area contributed by atoms with Gasteiger partial charge in [0.15, 0.2) is 0 Å². The Morgan fingerprint density at radius 3 is 2.15 bits per heavy atom. The molecule has 0 radical (unpaired) electrons. The number of hydrogen-bond acceptors (Lipinski definition) is 4. The molecular weight excluding hydrogens is 270 g/mol. The summed E-state index contributed by atoms with van der Waals surface area (Å²) >= 11 is 1.70. The molecule has 0 fully saturated rings. The van der Waals surface area contributed by atoms with Gasteiger partial charge in [0, 0.05) is 16.7 Å². The van der Waals surface area contributed by atoms with Crippen molar-refractivity contribution in [1.29, 1.82) is 0 Å². The number of carbonyl (C=O) groups excluding carboxylic acids is 1. The molecule has 2 aromatic rings. The van der Waals surface area contributed by atoms with Crippen molar-refractivity contribution >= 4 is 23.4 Å². The molecule has 0 aromatic heterocycles. The average molecular weight is 285 g/mol. The molecular formula is C16H15NO2S. The number of hydrogen-bond donors (Lipinski definition) is 0. The summed E-state index contributed by atoms with van der Waals surface area (Å²) in [6, 6.07) is 18.2. The van der Waals surface area contributed by atoms with E-state index in [1.54, 1.807) is 11.8 Å². The van der Waals surface area contributed by atoms with E-state index in [-0.39, 0.29) is 0 Å². The first-order chi connectivity index (χ1) is 9.65. The van der Waals surface area contributed by atoms with Crippen molar-refractivity contribution in [2.75, 3.05) is 0 Å². The van der Waals surface area contributed by atoms with Gasteiger partial charge in [0.05, 0.1) is 5.71 Å². The Balaban J connectivity index is 2.06. The Kier molecular flexibility index (Phi) is 4.96. The van der Waals surface area contributed by atoms with Crippen LogP contribution in [0, 0.1) is 0 Å². The summed E-state index contributed by atoms with van der Waals surface area (Å²) in [4.78, 5) is 17.7. The fourth-order valence-electron chi connectivity index (χ4n) is 1.57. The van der Waals surface area contributed by atoms with Crippen LogP contribution in [0.2, 0.25) is 0 Å². The van der Waals surface area contributed by atoms with E-state index in [1.807, 2.05) is 49.4 Å². The molecule has 102 valence electrons. The standard InChI is InChI=1S/C16H15NO2S/c1-12(17-19-13(2)18)14-8-10-16(11-9-14)20-15-6-4-3-5-7-15/h3-11H,1-2H3. The van der Waals surface area contributed by atoms with E-state index < -0.39 is 5.97 Å². The first-order valence-electron chi connectivity index (χ1n) is 6.20. The molecule has 0 aliphatic heterocycles. The number of oxime groups is 1. The van der Waals surface area contributed by atoms with Crippen LogP contribution in [-0.2, 0) is 9.63 Å². The number of rotatable bonds is 4. The minimum Gasteiger partial charge on any atom is -0.318 e. The SMILES string of the molecule is CC(=O)ON=C(C)c1ccc(Sc2ccccc2)cc1. The molecule has 0 atom stereocenters. The second kappa shape index (κ2) is 6.91. The third-order valence-corrected chi connectivity index (χ3v) is 3.58. The zero-order valence-corrected chi connectivity index (χ0v) is 12.2. The Morgan fingerprint density at radius 1 is 0.950 bits per heavy atom. The lowest BCUT2D eigenvalue weighted by Crippen LogP contribution is -1.99. The Labute approximate surface area is 122 Å². The molecule has 0 unspecified atom stereocenters. The lowest BCUT2D eigenvalue weighted by Gasteiger charge is -2.04. The molecule has 0 N–H and O–H groups in total. The van der Waals surface area contributed by atoms with Gasteiger partial charge in [0.2, 0.25) is 0 Å². The van der Waals surface area contributed by atoms with Gasteiger partial charge < -0.3 is 4.84 Å². The molecule has 0 amide bonds. The van der Waals surface area contributed by atoms with Crippen molar-refractivity contribution in [3.8, 4) is 0 Å². The van der Waals surface area contributed by atoms with Gasteiger partial charge in [-0.3, -0.25) is 0 Å². The van der Waals surface area contributed by atoms with Gasteiger partial charge in [0.1, 0.15) is 0 Å². The minimum absolute atomic E-state index is 0.416. The summed E-state index contributed by atoms with van der Waals surface area (Å²) in [5.41, 5.74) is 1.61.